The molecule has 8 heteroatoms. The van der Waals surface area contributed by atoms with Gasteiger partial charge in [-0.3, -0.25) is 0 Å². The lowest BCUT2D eigenvalue weighted by Gasteiger charge is -2.22. The quantitative estimate of drug-likeness (QED) is 0.520. The van der Waals surface area contributed by atoms with Crippen LogP contribution in [-0.2, 0) is 19.5 Å². The van der Waals surface area contributed by atoms with Crippen LogP contribution in [0.5, 0.6) is 0 Å². The molecule has 0 bridgehead atoms. The largest absolute Gasteiger partial charge is 0.398 e. The molecule has 0 saturated heterocycles. The van der Waals surface area contributed by atoms with Crippen LogP contribution in [0.2, 0.25) is 0 Å². The zero-order valence-electron chi connectivity index (χ0n) is 12.2. The average Bonchev–Trinajstić information content (AvgIpc) is 2.42. The number of hydrogen-bond acceptors (Lipinski definition) is 5. The molecule has 120 valence electrons. The van der Waals surface area contributed by atoms with Crippen molar-refractivity contribution in [3.05, 3.63) is 22.7 Å². The van der Waals surface area contributed by atoms with Crippen molar-refractivity contribution in [2.45, 2.75) is 11.3 Å². The van der Waals surface area contributed by atoms with E-state index in [1.54, 1.807) is 19.2 Å². The van der Waals surface area contributed by atoms with Gasteiger partial charge >= 0.3 is 0 Å². The molecule has 0 atom stereocenters. The number of nitrogens with zero attached hydrogens (tertiary/aromatic N) is 1. The van der Waals surface area contributed by atoms with Gasteiger partial charge in [-0.05, 0) is 24.6 Å². The fourth-order valence-corrected chi connectivity index (χ4v) is 3.76. The first kappa shape index (κ1) is 18.4. The molecule has 0 saturated carbocycles. The van der Waals surface area contributed by atoms with Crippen molar-refractivity contribution in [1.82, 2.24) is 4.31 Å². The molecule has 0 heterocycles. The molecular formula is C13H21BrN2O4S. The molecular weight excluding hydrogens is 360 g/mol. The Hall–Kier alpha value is -0.670. The van der Waals surface area contributed by atoms with Crippen molar-refractivity contribution in [2.24, 2.45) is 0 Å². The highest BCUT2D eigenvalue weighted by molar-refractivity contribution is 9.10. The summed E-state index contributed by atoms with van der Waals surface area (Å²) in [6, 6.07) is 4.74. The van der Waals surface area contributed by atoms with Crippen molar-refractivity contribution in [3.8, 4) is 0 Å². The van der Waals surface area contributed by atoms with Gasteiger partial charge in [0.1, 0.15) is 4.90 Å². The Balaban J connectivity index is 3.01. The summed E-state index contributed by atoms with van der Waals surface area (Å²) in [6.07, 6.45) is 0.607. The van der Waals surface area contributed by atoms with Gasteiger partial charge in [0.2, 0.25) is 10.0 Å². The summed E-state index contributed by atoms with van der Waals surface area (Å²) in [4.78, 5) is 0.110. The van der Waals surface area contributed by atoms with E-state index in [-0.39, 0.29) is 17.1 Å². The van der Waals surface area contributed by atoms with E-state index in [2.05, 4.69) is 15.9 Å². The van der Waals surface area contributed by atoms with E-state index in [0.29, 0.717) is 26.2 Å². The zero-order chi connectivity index (χ0) is 15.9. The lowest BCUT2D eigenvalue weighted by molar-refractivity contribution is 0.164. The molecule has 0 aromatic heterocycles. The Morgan fingerprint density at radius 3 is 2.43 bits per heavy atom. The van der Waals surface area contributed by atoms with Crippen LogP contribution < -0.4 is 5.73 Å². The van der Waals surface area contributed by atoms with Crippen LogP contribution in [-0.4, -0.2) is 53.2 Å². The molecule has 21 heavy (non-hydrogen) atoms. The molecule has 2 N–H and O–H groups in total. The summed E-state index contributed by atoms with van der Waals surface area (Å²) in [6.45, 7) is 1.45. The van der Waals surface area contributed by atoms with Crippen molar-refractivity contribution >= 4 is 31.6 Å². The fraction of sp³-hybridized carbons (Fsp3) is 0.538. The van der Waals surface area contributed by atoms with Gasteiger partial charge in [0, 0.05) is 38.4 Å². The van der Waals surface area contributed by atoms with Crippen molar-refractivity contribution < 1.29 is 17.9 Å². The standard InChI is InChI=1S/C13H21BrN2O4S/c1-19-8-3-6-16(7-9-20-2)21(17,18)13-5-4-11(14)10-12(13)15/h4-5,10H,3,6-9,15H2,1-2H3. The minimum atomic E-state index is -3.65. The van der Waals surface area contributed by atoms with Gasteiger partial charge in [-0.25, -0.2) is 8.42 Å². The van der Waals surface area contributed by atoms with Gasteiger partial charge in [-0.1, -0.05) is 15.9 Å². The van der Waals surface area contributed by atoms with Crippen LogP contribution in [0.1, 0.15) is 6.42 Å². The lowest BCUT2D eigenvalue weighted by Crippen LogP contribution is -2.35. The maximum absolute atomic E-state index is 12.7. The average molecular weight is 381 g/mol. The van der Waals surface area contributed by atoms with Crippen LogP contribution >= 0.6 is 15.9 Å². The third-order valence-corrected chi connectivity index (χ3v) is 5.36. The molecule has 1 aromatic carbocycles. The van der Waals surface area contributed by atoms with E-state index in [4.69, 9.17) is 15.2 Å². The summed E-state index contributed by atoms with van der Waals surface area (Å²) in [5.41, 5.74) is 6.06. The van der Waals surface area contributed by atoms with Crippen LogP contribution in [0, 0.1) is 0 Å². The lowest BCUT2D eigenvalue weighted by atomic mass is 10.3. The maximum Gasteiger partial charge on any atom is 0.245 e. The number of benzene rings is 1. The summed E-state index contributed by atoms with van der Waals surface area (Å²) >= 11 is 3.27. The second kappa shape index (κ2) is 8.70. The highest BCUT2D eigenvalue weighted by atomic mass is 79.9. The minimum absolute atomic E-state index is 0.110. The van der Waals surface area contributed by atoms with Crippen molar-refractivity contribution in [1.29, 1.82) is 0 Å². The fourth-order valence-electron chi connectivity index (χ4n) is 1.82. The van der Waals surface area contributed by atoms with E-state index in [0.717, 1.165) is 4.47 Å². The van der Waals surface area contributed by atoms with Gasteiger partial charge in [-0.2, -0.15) is 4.31 Å². The second-order valence-corrected chi connectivity index (χ2v) is 7.25. The second-order valence-electron chi connectivity index (χ2n) is 4.43. The number of nitrogens with two attached hydrogens (primary N) is 1. The maximum atomic E-state index is 12.7. The molecule has 0 aliphatic rings. The van der Waals surface area contributed by atoms with E-state index in [1.165, 1.54) is 17.5 Å². The van der Waals surface area contributed by atoms with Crippen LogP contribution in [0.25, 0.3) is 0 Å². The zero-order valence-corrected chi connectivity index (χ0v) is 14.6. The number of rotatable bonds is 9. The molecule has 0 radical (unpaired) electrons. The van der Waals surface area contributed by atoms with Gasteiger partial charge in [0.25, 0.3) is 0 Å². The summed E-state index contributed by atoms with van der Waals surface area (Å²) in [5, 5.41) is 0. The molecule has 6 nitrogen and oxygen atoms in total. The Morgan fingerprint density at radius 2 is 1.86 bits per heavy atom. The summed E-state index contributed by atoms with van der Waals surface area (Å²) in [7, 11) is -0.530. The molecule has 0 spiro atoms. The van der Waals surface area contributed by atoms with E-state index in [1.807, 2.05) is 0 Å². The number of halogens is 1. The molecule has 1 rings (SSSR count). The number of methoxy groups -OCH3 is 2. The third kappa shape index (κ3) is 5.23. The van der Waals surface area contributed by atoms with Gasteiger partial charge in [0.15, 0.2) is 0 Å². The van der Waals surface area contributed by atoms with E-state index < -0.39 is 10.0 Å². The first-order valence-electron chi connectivity index (χ1n) is 6.46. The van der Waals surface area contributed by atoms with Crippen molar-refractivity contribution in [3.63, 3.8) is 0 Å². The van der Waals surface area contributed by atoms with Gasteiger partial charge < -0.3 is 15.2 Å². The predicted molar refractivity (Wildman–Crippen MR) is 85.7 cm³/mol. The Bertz CT molecular complexity index is 551. The van der Waals surface area contributed by atoms with Crippen LogP contribution in [0.3, 0.4) is 0 Å². The minimum Gasteiger partial charge on any atom is -0.398 e. The van der Waals surface area contributed by atoms with Crippen molar-refractivity contribution in [2.75, 3.05) is 46.3 Å². The summed E-state index contributed by atoms with van der Waals surface area (Å²) < 4.78 is 37.5. The van der Waals surface area contributed by atoms with Crippen LogP contribution in [0.15, 0.2) is 27.6 Å². The topological polar surface area (TPSA) is 81.9 Å². The number of ether oxygens (including phenoxy) is 2. The van der Waals surface area contributed by atoms with Gasteiger partial charge in [-0.15, -0.1) is 0 Å². The molecule has 0 aliphatic heterocycles. The van der Waals surface area contributed by atoms with E-state index >= 15 is 0 Å². The highest BCUT2D eigenvalue weighted by Crippen LogP contribution is 2.25. The molecule has 1 aromatic rings. The molecule has 0 amide bonds. The van der Waals surface area contributed by atoms with Gasteiger partial charge in [0.05, 0.1) is 12.3 Å². The Morgan fingerprint density at radius 1 is 1.19 bits per heavy atom. The number of sulfonamides is 1. The number of hydrogen-bond donors (Lipinski definition) is 1. The third-order valence-electron chi connectivity index (χ3n) is 2.89. The smallest absolute Gasteiger partial charge is 0.245 e. The summed E-state index contributed by atoms with van der Waals surface area (Å²) in [5.74, 6) is 0. The highest BCUT2D eigenvalue weighted by Gasteiger charge is 2.26. The monoisotopic (exact) mass is 380 g/mol. The first-order chi connectivity index (χ1) is 9.93. The van der Waals surface area contributed by atoms with Crippen LogP contribution in [0.4, 0.5) is 5.69 Å². The Labute approximate surface area is 134 Å². The number of anilines is 1. The Kier molecular flexibility index (Phi) is 7.61. The van der Waals surface area contributed by atoms with E-state index in [9.17, 15) is 8.42 Å². The molecule has 0 unspecified atom stereocenters. The SMILES string of the molecule is COCCCN(CCOC)S(=O)(=O)c1ccc(Br)cc1N. The first-order valence-corrected chi connectivity index (χ1v) is 8.70. The normalized spacial score (nSPS) is 12.0. The molecule has 0 fully saturated rings. The number of nitrogen functional groups attached to an aromatic ring is 1. The predicted octanol–water partition coefficient (Wildman–Crippen LogP) is 1.70. The molecule has 0 aliphatic carbocycles.